The summed E-state index contributed by atoms with van der Waals surface area (Å²) >= 11 is 0. The molecular weight excluding hydrogens is 384 g/mol. The Morgan fingerprint density at radius 3 is 2.63 bits per heavy atom. The van der Waals surface area contributed by atoms with Gasteiger partial charge in [0.1, 0.15) is 6.17 Å². The molecule has 3 aliphatic heterocycles. The van der Waals surface area contributed by atoms with Gasteiger partial charge in [-0.25, -0.2) is 0 Å². The molecule has 1 aromatic heterocycles. The fourth-order valence-electron chi connectivity index (χ4n) is 5.58. The molecule has 4 N–H and O–H groups in total. The molecule has 2 saturated heterocycles. The van der Waals surface area contributed by atoms with E-state index in [0.29, 0.717) is 0 Å². The van der Waals surface area contributed by atoms with Crippen molar-refractivity contribution >= 4 is 28.4 Å². The van der Waals surface area contributed by atoms with Crippen molar-refractivity contribution in [2.75, 3.05) is 12.4 Å². The van der Waals surface area contributed by atoms with Gasteiger partial charge in [0.05, 0.1) is 5.41 Å². The Morgan fingerprint density at radius 2 is 1.80 bits per heavy atom. The van der Waals surface area contributed by atoms with Crippen molar-refractivity contribution in [2.45, 2.75) is 30.0 Å². The quantitative estimate of drug-likeness (QED) is 0.482. The topological polar surface area (TPSA) is 109 Å². The van der Waals surface area contributed by atoms with Crippen LogP contribution >= 0.6 is 0 Å². The molecule has 0 saturated carbocycles. The standard InChI is InChI=1S/C22H20N4O4/c1-25-17(27)18(28)26-19-21(11-22(26,30)20(25)29,13-7-3-5-9-16(13)24-19)14-10-23-15-8-4-2-6-12(14)15/h2-10,17,19,23-24,27,30H,11H2,1H3/t17-,19-,21-,22-/m1/s1. The molecule has 2 fully saturated rings. The summed E-state index contributed by atoms with van der Waals surface area (Å²) in [4.78, 5) is 31.5. The van der Waals surface area contributed by atoms with E-state index in [-0.39, 0.29) is 6.42 Å². The molecular formula is C22H20N4O4. The van der Waals surface area contributed by atoms with E-state index >= 15 is 0 Å². The summed E-state index contributed by atoms with van der Waals surface area (Å²) in [7, 11) is 1.33. The van der Waals surface area contributed by atoms with Gasteiger partial charge in [0.15, 0.2) is 0 Å². The maximum atomic E-state index is 13.1. The fraction of sp³-hybridized carbons (Fsp3) is 0.273. The smallest absolute Gasteiger partial charge is 0.278 e. The molecule has 8 heteroatoms. The molecule has 0 spiro atoms. The number of rotatable bonds is 1. The van der Waals surface area contributed by atoms with Crippen LogP contribution < -0.4 is 5.32 Å². The summed E-state index contributed by atoms with van der Waals surface area (Å²) in [5, 5.41) is 26.2. The van der Waals surface area contributed by atoms with Crippen molar-refractivity contribution in [1.29, 1.82) is 0 Å². The van der Waals surface area contributed by atoms with Gasteiger partial charge in [0, 0.05) is 36.3 Å². The maximum absolute atomic E-state index is 13.1. The summed E-state index contributed by atoms with van der Waals surface area (Å²) in [5.74, 6) is -1.39. The Morgan fingerprint density at radius 1 is 1.07 bits per heavy atom. The number of carbonyl (C=O) groups excluding carboxylic acids is 2. The van der Waals surface area contributed by atoms with E-state index < -0.39 is 35.3 Å². The van der Waals surface area contributed by atoms with Crippen molar-refractivity contribution in [3.05, 3.63) is 65.9 Å². The first kappa shape index (κ1) is 17.5. The number of hydrogen-bond donors (Lipinski definition) is 4. The molecule has 4 heterocycles. The molecule has 4 atom stereocenters. The average Bonchev–Trinajstić information content (AvgIpc) is 3.38. The number of aromatic amines is 1. The highest BCUT2D eigenvalue weighted by molar-refractivity contribution is 6.00. The monoisotopic (exact) mass is 404 g/mol. The number of nitrogens with zero attached hydrogens (tertiary/aromatic N) is 2. The van der Waals surface area contributed by atoms with E-state index in [1.807, 2.05) is 54.7 Å². The van der Waals surface area contributed by atoms with E-state index in [0.717, 1.165) is 37.5 Å². The average molecular weight is 404 g/mol. The second-order valence-electron chi connectivity index (χ2n) is 8.30. The van der Waals surface area contributed by atoms with Crippen LogP contribution in [0.25, 0.3) is 10.9 Å². The second kappa shape index (κ2) is 5.41. The number of aromatic nitrogens is 1. The number of piperazine rings is 1. The molecule has 0 radical (unpaired) electrons. The normalized spacial score (nSPS) is 32.2. The first-order valence-corrected chi connectivity index (χ1v) is 9.83. The third kappa shape index (κ3) is 1.79. The predicted molar refractivity (Wildman–Crippen MR) is 108 cm³/mol. The Labute approximate surface area is 171 Å². The molecule has 2 aromatic carbocycles. The van der Waals surface area contributed by atoms with Crippen LogP contribution in [0.15, 0.2) is 54.7 Å². The van der Waals surface area contributed by atoms with Crippen molar-refractivity contribution in [1.82, 2.24) is 14.8 Å². The molecule has 3 aliphatic rings. The van der Waals surface area contributed by atoms with Gasteiger partial charge >= 0.3 is 0 Å². The molecule has 30 heavy (non-hydrogen) atoms. The van der Waals surface area contributed by atoms with Crippen LogP contribution in [-0.4, -0.2) is 62.0 Å². The summed E-state index contributed by atoms with van der Waals surface area (Å²) in [5.41, 5.74) is 0.622. The van der Waals surface area contributed by atoms with E-state index in [9.17, 15) is 19.8 Å². The van der Waals surface area contributed by atoms with Crippen LogP contribution in [0.4, 0.5) is 5.69 Å². The molecule has 152 valence electrons. The van der Waals surface area contributed by atoms with Crippen LogP contribution in [0, 0.1) is 0 Å². The largest absolute Gasteiger partial charge is 0.365 e. The molecule has 8 nitrogen and oxygen atoms in total. The number of benzene rings is 2. The summed E-state index contributed by atoms with van der Waals surface area (Å²) in [6.45, 7) is 0. The highest BCUT2D eigenvalue weighted by Crippen LogP contribution is 2.59. The van der Waals surface area contributed by atoms with Crippen molar-refractivity contribution in [3.8, 4) is 0 Å². The molecule has 2 amide bonds. The first-order valence-electron chi connectivity index (χ1n) is 9.83. The minimum Gasteiger partial charge on any atom is -0.365 e. The van der Waals surface area contributed by atoms with Gasteiger partial charge in [-0.2, -0.15) is 0 Å². The number of likely N-dealkylation sites (N-methyl/N-ethyl adjacent to an activating group) is 1. The Hall–Kier alpha value is -3.36. The number of hydrogen-bond acceptors (Lipinski definition) is 5. The predicted octanol–water partition coefficient (Wildman–Crippen LogP) is 0.917. The zero-order valence-corrected chi connectivity index (χ0v) is 16.2. The number of amides is 2. The van der Waals surface area contributed by atoms with Crippen LogP contribution in [0.1, 0.15) is 17.5 Å². The van der Waals surface area contributed by atoms with E-state index in [1.165, 1.54) is 7.05 Å². The summed E-state index contributed by atoms with van der Waals surface area (Å²) in [6.07, 6.45) is -0.489. The van der Waals surface area contributed by atoms with Crippen molar-refractivity contribution in [2.24, 2.45) is 0 Å². The maximum Gasteiger partial charge on any atom is 0.278 e. The van der Waals surface area contributed by atoms with Crippen LogP contribution in [0.2, 0.25) is 0 Å². The number of para-hydroxylation sites is 2. The first-order chi connectivity index (χ1) is 14.4. The minimum absolute atomic E-state index is 0.0157. The minimum atomic E-state index is -2.06. The molecule has 0 bridgehead atoms. The van der Waals surface area contributed by atoms with Gasteiger partial charge in [-0.3, -0.25) is 14.5 Å². The number of nitrogens with one attached hydrogen (secondary N) is 2. The van der Waals surface area contributed by atoms with Gasteiger partial charge < -0.3 is 25.4 Å². The third-order valence-corrected chi connectivity index (χ3v) is 6.91. The summed E-state index contributed by atoms with van der Waals surface area (Å²) < 4.78 is 0. The lowest BCUT2D eigenvalue weighted by molar-refractivity contribution is -0.206. The van der Waals surface area contributed by atoms with Crippen LogP contribution in [-0.2, 0) is 15.0 Å². The van der Waals surface area contributed by atoms with Gasteiger partial charge in [-0.05, 0) is 23.3 Å². The highest BCUT2D eigenvalue weighted by atomic mass is 16.4. The van der Waals surface area contributed by atoms with Gasteiger partial charge in [0.2, 0.25) is 12.0 Å². The SMILES string of the molecule is CN1C(=O)[C@]2(O)C[C@]3(c4c[nH]c5ccccc45)c4ccccc4N[C@@H]3N2C(=O)[C@H]1O. The Kier molecular flexibility index (Phi) is 3.15. The Bertz CT molecular complexity index is 1240. The molecule has 0 unspecified atom stereocenters. The van der Waals surface area contributed by atoms with E-state index in [1.54, 1.807) is 0 Å². The zero-order valence-electron chi connectivity index (χ0n) is 16.2. The lowest BCUT2D eigenvalue weighted by atomic mass is 9.71. The number of aliphatic hydroxyl groups excluding tert-OH is 1. The van der Waals surface area contributed by atoms with Gasteiger partial charge in [-0.15, -0.1) is 0 Å². The molecule has 0 aliphatic carbocycles. The molecule has 3 aromatic rings. The van der Waals surface area contributed by atoms with Gasteiger partial charge in [-0.1, -0.05) is 36.4 Å². The summed E-state index contributed by atoms with van der Waals surface area (Å²) in [6, 6.07) is 15.5. The van der Waals surface area contributed by atoms with Crippen LogP contribution in [0.5, 0.6) is 0 Å². The van der Waals surface area contributed by atoms with Crippen molar-refractivity contribution < 1.29 is 19.8 Å². The lowest BCUT2D eigenvalue weighted by Gasteiger charge is -2.44. The Balaban J connectivity index is 1.67. The van der Waals surface area contributed by atoms with E-state index in [4.69, 9.17) is 0 Å². The third-order valence-electron chi connectivity index (χ3n) is 6.91. The van der Waals surface area contributed by atoms with E-state index in [2.05, 4.69) is 10.3 Å². The van der Waals surface area contributed by atoms with Crippen molar-refractivity contribution in [3.63, 3.8) is 0 Å². The second-order valence-corrected chi connectivity index (χ2v) is 8.30. The number of fused-ring (bicyclic) bond motifs is 6. The van der Waals surface area contributed by atoms with Crippen LogP contribution in [0.3, 0.4) is 0 Å². The number of H-pyrrole nitrogens is 1. The number of anilines is 1. The number of carbonyl (C=O) groups is 2. The lowest BCUT2D eigenvalue weighted by Crippen LogP contribution is -2.70. The highest BCUT2D eigenvalue weighted by Gasteiger charge is 2.71. The molecule has 6 rings (SSSR count). The fourth-order valence-corrected chi connectivity index (χ4v) is 5.58. The zero-order chi connectivity index (χ0) is 20.8. The van der Waals surface area contributed by atoms with Gasteiger partial charge in [0.25, 0.3) is 11.8 Å². The number of aliphatic hydroxyl groups is 2.